The molecule has 1 aromatic heterocycles. The fourth-order valence-corrected chi connectivity index (χ4v) is 3.54. The largest absolute Gasteiger partial charge is 0.416 e. The molecular weight excluding hydrogens is 450 g/mol. The van der Waals surface area contributed by atoms with Crippen molar-refractivity contribution in [3.8, 4) is 11.8 Å². The number of nitrogens with two attached hydrogens (primary N) is 1. The van der Waals surface area contributed by atoms with E-state index >= 15 is 0 Å². The van der Waals surface area contributed by atoms with E-state index in [2.05, 4.69) is 5.10 Å². The molecule has 0 spiro atoms. The van der Waals surface area contributed by atoms with Crippen LogP contribution in [0.4, 0.5) is 27.8 Å². The Morgan fingerprint density at radius 2 is 1.69 bits per heavy atom. The summed E-state index contributed by atoms with van der Waals surface area (Å²) in [7, 11) is -3.27. The summed E-state index contributed by atoms with van der Waals surface area (Å²) < 4.78 is 72.7. The fraction of sp³-hybridized carbons (Fsp3) is 0.167. The predicted octanol–water partition coefficient (Wildman–Crippen LogP) is 4.55. The Labute approximate surface area is 159 Å². The van der Waals surface area contributed by atoms with E-state index in [0.717, 1.165) is 0 Å². The molecule has 0 aliphatic rings. The number of anilines is 1. The molecule has 1 heterocycles. The minimum absolute atomic E-state index is 0.420. The second-order valence-corrected chi connectivity index (χ2v) is 7.56. The van der Waals surface area contributed by atoms with E-state index in [1.807, 2.05) is 0 Å². The number of alkyl halides is 6. The summed E-state index contributed by atoms with van der Waals surface area (Å²) in [5, 5.41) is 11.4. The van der Waals surface area contributed by atoms with Gasteiger partial charge in [0.2, 0.25) is 0 Å². The number of hydrogen-bond donors (Lipinski definition) is 1. The van der Waals surface area contributed by atoms with Gasteiger partial charge in [0.25, 0.3) is 0 Å². The van der Waals surface area contributed by atoms with E-state index in [1.165, 1.54) is 6.07 Å². The third-order valence-corrected chi connectivity index (χ3v) is 5.12. The summed E-state index contributed by atoms with van der Waals surface area (Å²) in [5.74, 6) is -0.747. The van der Waals surface area contributed by atoms with Gasteiger partial charge in [-0.2, -0.15) is 32.3 Å². The predicted molar refractivity (Wildman–Crippen MR) is 84.9 cm³/mol. The maximum atomic E-state index is 13.1. The number of benzene rings is 1. The number of nitrogen functional groups attached to an aromatic ring is 1. The van der Waals surface area contributed by atoms with E-state index in [1.54, 1.807) is 0 Å². The summed E-state index contributed by atoms with van der Waals surface area (Å²) in [5.41, 5.74) is 3.21. The molecule has 0 radical (unpaired) electrons. The minimum atomic E-state index is -4.76. The molecule has 1 atom stereocenters. The van der Waals surface area contributed by atoms with E-state index in [0.29, 0.717) is 16.8 Å². The van der Waals surface area contributed by atoms with Crippen LogP contribution in [0.2, 0.25) is 10.0 Å². The molecule has 2 aromatic rings. The maximum absolute atomic E-state index is 13.1. The van der Waals surface area contributed by atoms with E-state index in [9.17, 15) is 26.2 Å². The van der Waals surface area contributed by atoms with Crippen LogP contribution in [0.5, 0.6) is 0 Å². The van der Waals surface area contributed by atoms with E-state index in [-0.39, 0.29) is 0 Å². The van der Waals surface area contributed by atoms with Crippen LogP contribution in [-0.4, -0.2) is 18.7 Å². The lowest BCUT2D eigenvalue weighted by molar-refractivity contribution is -0.137. The number of nitrogens with zero attached hydrogens (tertiary/aromatic N) is 3. The molecule has 5 nitrogen and oxygen atoms in total. The zero-order valence-electron chi connectivity index (χ0n) is 11.9. The van der Waals surface area contributed by atoms with Crippen molar-refractivity contribution in [2.24, 2.45) is 0 Å². The van der Waals surface area contributed by atoms with Gasteiger partial charge in [0.05, 0.1) is 15.6 Å². The molecule has 1 aromatic carbocycles. The van der Waals surface area contributed by atoms with Gasteiger partial charge in [-0.3, -0.25) is 0 Å². The van der Waals surface area contributed by atoms with Crippen molar-refractivity contribution in [2.45, 2.75) is 15.8 Å². The van der Waals surface area contributed by atoms with Crippen molar-refractivity contribution in [3.05, 3.63) is 33.4 Å². The van der Waals surface area contributed by atoms with Gasteiger partial charge in [-0.25, -0.2) is 8.89 Å². The lowest BCUT2D eigenvalue weighted by Crippen LogP contribution is -2.17. The summed E-state index contributed by atoms with van der Waals surface area (Å²) in [4.78, 5) is -0.903. The first kappa shape index (κ1) is 20.7. The zero-order valence-corrected chi connectivity index (χ0v) is 15.0. The third kappa shape index (κ3) is 3.73. The number of halogens is 8. The molecule has 1 unspecified atom stereocenters. The van der Waals surface area contributed by atoms with Gasteiger partial charge in [-0.1, -0.05) is 23.2 Å². The Morgan fingerprint density at radius 3 is 2.08 bits per heavy atom. The monoisotopic (exact) mass is 452 g/mol. The lowest BCUT2D eigenvalue weighted by atomic mass is 10.2. The summed E-state index contributed by atoms with van der Waals surface area (Å²) in [6, 6.07) is 2.40. The number of aromatic nitrogens is 2. The minimum Gasteiger partial charge on any atom is -0.383 e. The maximum Gasteiger partial charge on any atom is 0.416 e. The van der Waals surface area contributed by atoms with Crippen LogP contribution in [0, 0.1) is 11.3 Å². The molecule has 140 valence electrons. The Balaban J connectivity index is 2.75. The Morgan fingerprint density at radius 1 is 1.19 bits per heavy atom. The number of rotatable bonds is 3. The van der Waals surface area contributed by atoms with Gasteiger partial charge >= 0.3 is 10.9 Å². The third-order valence-electron chi connectivity index (χ3n) is 2.93. The molecule has 0 aliphatic heterocycles. The smallest absolute Gasteiger partial charge is 0.383 e. The highest BCUT2D eigenvalue weighted by molar-refractivity contribution is 7.87. The van der Waals surface area contributed by atoms with Crippen LogP contribution in [0.25, 0.3) is 5.69 Å². The van der Waals surface area contributed by atoms with Gasteiger partial charge in [0.15, 0.2) is 5.69 Å². The molecule has 0 saturated heterocycles. The van der Waals surface area contributed by atoms with Gasteiger partial charge in [-0.05, 0) is 23.7 Å². The van der Waals surface area contributed by atoms with Crippen LogP contribution >= 0.6 is 34.8 Å². The molecule has 2 rings (SSSR count). The van der Waals surface area contributed by atoms with Crippen molar-refractivity contribution < 1.29 is 26.2 Å². The second-order valence-electron chi connectivity index (χ2n) is 4.59. The summed E-state index contributed by atoms with van der Waals surface area (Å²) >= 11 is 16.3. The summed E-state index contributed by atoms with van der Waals surface area (Å²) in [6.07, 6.45) is -4.76. The first-order valence-electron chi connectivity index (χ1n) is 6.12. The first-order valence-corrected chi connectivity index (χ1v) is 8.41. The lowest BCUT2D eigenvalue weighted by Gasteiger charge is -2.13. The van der Waals surface area contributed by atoms with Gasteiger partial charge < -0.3 is 5.73 Å². The van der Waals surface area contributed by atoms with Gasteiger partial charge in [0, 0.05) is 0 Å². The Hall–Kier alpha value is -1.61. The summed E-state index contributed by atoms with van der Waals surface area (Å²) in [6.45, 7) is 0. The van der Waals surface area contributed by atoms with Crippen molar-refractivity contribution in [3.63, 3.8) is 0 Å². The van der Waals surface area contributed by atoms with Crippen LogP contribution in [-0.2, 0) is 17.0 Å². The quantitative estimate of drug-likeness (QED) is 0.546. The molecule has 0 amide bonds. The average molecular weight is 454 g/mol. The Bertz CT molecular complexity index is 925. The zero-order chi connectivity index (χ0) is 20.0. The highest BCUT2D eigenvalue weighted by Crippen LogP contribution is 2.40. The fourth-order valence-electron chi connectivity index (χ4n) is 1.89. The van der Waals surface area contributed by atoms with Crippen molar-refractivity contribution in [2.75, 3.05) is 5.73 Å². The molecule has 0 aliphatic carbocycles. The van der Waals surface area contributed by atoms with E-state index in [4.69, 9.17) is 45.8 Å². The highest BCUT2D eigenvalue weighted by atomic mass is 35.5. The molecule has 26 heavy (non-hydrogen) atoms. The SMILES string of the molecule is N#Cc1nn(-c2c(Cl)cc(C(F)(F)F)cc2Cl)c(N)c1S(=O)C(F)(F)Cl. The number of hydrogen-bond acceptors (Lipinski definition) is 4. The normalized spacial score (nSPS) is 13.5. The van der Waals surface area contributed by atoms with Gasteiger partial charge in [0.1, 0.15) is 33.3 Å². The van der Waals surface area contributed by atoms with Crippen LogP contribution in [0.3, 0.4) is 0 Å². The highest BCUT2D eigenvalue weighted by Gasteiger charge is 2.40. The topological polar surface area (TPSA) is 84.7 Å². The average Bonchev–Trinajstić information content (AvgIpc) is 2.80. The molecule has 2 N–H and O–H groups in total. The van der Waals surface area contributed by atoms with Crippen LogP contribution < -0.4 is 5.73 Å². The van der Waals surface area contributed by atoms with E-state index < -0.39 is 59.4 Å². The Kier molecular flexibility index (Phi) is 5.45. The molecule has 0 fully saturated rings. The molecular formula is C12H4Cl3F5N4OS. The van der Waals surface area contributed by atoms with Crippen LogP contribution in [0.15, 0.2) is 17.0 Å². The molecule has 0 bridgehead atoms. The van der Waals surface area contributed by atoms with Crippen molar-refractivity contribution in [1.29, 1.82) is 5.26 Å². The molecule has 0 saturated carbocycles. The van der Waals surface area contributed by atoms with Crippen molar-refractivity contribution >= 4 is 51.4 Å². The standard InChI is InChI=1S/C12H4Cl3F5N4OS/c13-5-1-4(11(16,17)18)2-6(14)8(5)24-10(22)9(7(3-21)23-24)26(25)12(15,19)20/h1-2H,22H2. The first-order chi connectivity index (χ1) is 11.8. The number of nitriles is 1. The van der Waals surface area contributed by atoms with Gasteiger partial charge in [-0.15, -0.1) is 0 Å². The van der Waals surface area contributed by atoms with Crippen LogP contribution in [0.1, 0.15) is 11.3 Å². The molecule has 14 heteroatoms. The van der Waals surface area contributed by atoms with Crippen molar-refractivity contribution in [1.82, 2.24) is 9.78 Å². The second kappa shape index (κ2) is 6.84.